The Morgan fingerprint density at radius 2 is 1.19 bits per heavy atom. The molecule has 70 heavy (non-hydrogen) atoms. The minimum Gasteiger partial charge on any atom is -0.510 e. The molecule has 0 radical (unpaired) electrons. The monoisotopic (exact) mass is 1080 g/mol. The predicted molar refractivity (Wildman–Crippen MR) is 287 cm³/mol. The third-order valence-corrected chi connectivity index (χ3v) is 13.6. The van der Waals surface area contributed by atoms with Gasteiger partial charge in [-0.1, -0.05) is 184 Å². The van der Waals surface area contributed by atoms with Crippen molar-refractivity contribution in [1.82, 2.24) is 18.5 Å². The van der Waals surface area contributed by atoms with Gasteiger partial charge < -0.3 is 18.0 Å². The summed E-state index contributed by atoms with van der Waals surface area (Å²) in [4.78, 5) is 5.44. The molecule has 1 aliphatic heterocycles. The van der Waals surface area contributed by atoms with Gasteiger partial charge in [0.2, 0.25) is 0 Å². The molecule has 0 N–H and O–H groups in total. The van der Waals surface area contributed by atoms with E-state index < -0.39 is 0 Å². The average Bonchev–Trinajstić information content (AvgIpc) is 3.94. The first kappa shape index (κ1) is 43.2. The smallest absolute Gasteiger partial charge is 0.136 e. The van der Waals surface area contributed by atoms with Crippen LogP contribution >= 0.6 is 0 Å². The zero-order chi connectivity index (χ0) is 46.2. The van der Waals surface area contributed by atoms with Crippen molar-refractivity contribution in [2.24, 2.45) is 0 Å². The molecule has 0 spiro atoms. The Morgan fingerprint density at radius 1 is 0.486 bits per heavy atom. The minimum atomic E-state index is -0.0287. The number of imidazole rings is 1. The molecule has 6 heteroatoms. The summed E-state index contributed by atoms with van der Waals surface area (Å²) in [5, 5.41) is 7.67. The Kier molecular flexibility index (Phi) is 10.6. The Bertz CT molecular complexity index is 4310. The number of nitrogens with zero attached hydrogens (tertiary/aromatic N) is 4. The molecule has 3 aromatic heterocycles. The maximum absolute atomic E-state index is 6.76. The Labute approximate surface area is 419 Å². The van der Waals surface area contributed by atoms with Gasteiger partial charge in [-0.15, -0.1) is 29.1 Å². The molecule has 0 fully saturated rings. The fraction of sp³-hybridized carbons (Fsp3) is 0.0625. The van der Waals surface area contributed by atoms with Crippen LogP contribution in [0.3, 0.4) is 0 Å². The van der Waals surface area contributed by atoms with E-state index in [1.807, 2.05) is 18.2 Å². The molecule has 0 saturated heterocycles. The third kappa shape index (κ3) is 7.37. The van der Waals surface area contributed by atoms with Crippen LogP contribution in [0.25, 0.3) is 116 Å². The van der Waals surface area contributed by atoms with Gasteiger partial charge in [-0.05, 0) is 101 Å². The molecule has 0 atom stereocenters. The van der Waals surface area contributed by atoms with E-state index in [1.54, 1.807) is 0 Å². The number of aromatic nitrogens is 4. The zero-order valence-corrected chi connectivity index (χ0v) is 41.1. The molecule has 0 saturated carbocycles. The number of fused-ring (bicyclic) bond motifs is 23. The molecule has 0 aliphatic carbocycles. The summed E-state index contributed by atoms with van der Waals surface area (Å²) in [5.74, 6) is 0. The average molecular weight is 1080 g/mol. The normalized spacial score (nSPS) is 11.8. The fourth-order valence-corrected chi connectivity index (χ4v) is 10.2. The van der Waals surface area contributed by atoms with E-state index in [4.69, 9.17) is 9.40 Å². The van der Waals surface area contributed by atoms with E-state index in [0.717, 1.165) is 105 Å². The summed E-state index contributed by atoms with van der Waals surface area (Å²) in [6.07, 6.45) is 2.21. The molecule has 13 rings (SSSR count). The molecule has 0 amide bonds. The molecule has 12 aromatic rings. The first-order valence-corrected chi connectivity index (χ1v) is 23.5. The largest absolute Gasteiger partial charge is 0.510 e. The van der Waals surface area contributed by atoms with Gasteiger partial charge in [0.05, 0.1) is 5.52 Å². The molecule has 1 aliphatic rings. The van der Waals surface area contributed by atoms with E-state index >= 15 is 0 Å². The van der Waals surface area contributed by atoms with Crippen LogP contribution in [0.15, 0.2) is 223 Å². The van der Waals surface area contributed by atoms with Crippen LogP contribution < -0.4 is 0 Å². The number of hydrogen-bond donors (Lipinski definition) is 0. The molecule has 9 aromatic carbocycles. The Morgan fingerprint density at radius 3 is 2.04 bits per heavy atom. The summed E-state index contributed by atoms with van der Waals surface area (Å²) in [5.41, 5.74) is 14.6. The number of para-hydroxylation sites is 3. The van der Waals surface area contributed by atoms with Crippen molar-refractivity contribution in [2.45, 2.75) is 26.2 Å². The van der Waals surface area contributed by atoms with E-state index in [9.17, 15) is 0 Å². The van der Waals surface area contributed by atoms with E-state index in [2.05, 4.69) is 247 Å². The Hall–Kier alpha value is -8.11. The molecular formula is C64H45N4OPt-3. The summed E-state index contributed by atoms with van der Waals surface area (Å²) >= 11 is 0. The molecule has 10 bridgehead atoms. The van der Waals surface area contributed by atoms with Gasteiger partial charge in [0.15, 0.2) is 0 Å². The van der Waals surface area contributed by atoms with Crippen LogP contribution in [-0.2, 0) is 26.5 Å². The standard InChI is InChI=1S/C64H45N4O.Pt/c1-64(2,3)47-21-12-19-45(37-47)52-26-14-27-55-53-25-8-7-24-51(53)44-18-11-20-46(36-44)57-28-15-31-62(65-57)68-58-35-32-43(42-16-5-4-6-17-42)38-56(58)54-34-33-50(40-61(54)68)69-49-23-13-22-48(39-49)66-41-67(63(52)55)60-30-10-9-29-59(60)66;/h4-38,41H,1-3H3;/q-3;. The van der Waals surface area contributed by atoms with Crippen molar-refractivity contribution in [1.29, 1.82) is 0 Å². The van der Waals surface area contributed by atoms with Gasteiger partial charge >= 0.3 is 0 Å². The number of hydrogen-bond acceptors (Lipinski definition) is 2. The second kappa shape index (κ2) is 17.1. The number of rotatable bonds is 2. The maximum Gasteiger partial charge on any atom is 0.136 e. The van der Waals surface area contributed by atoms with Crippen LogP contribution in [-0.4, -0.2) is 18.5 Å². The van der Waals surface area contributed by atoms with E-state index in [0.29, 0.717) is 11.2 Å². The predicted octanol–water partition coefficient (Wildman–Crippen LogP) is 16.8. The van der Waals surface area contributed by atoms with Crippen LogP contribution in [0.2, 0.25) is 0 Å². The molecule has 5 nitrogen and oxygen atoms in total. The quantitative estimate of drug-likeness (QED) is 0.162. The van der Waals surface area contributed by atoms with Crippen molar-refractivity contribution < 1.29 is 25.5 Å². The fourth-order valence-electron chi connectivity index (χ4n) is 10.2. The maximum atomic E-state index is 6.76. The summed E-state index contributed by atoms with van der Waals surface area (Å²) in [7, 11) is 0. The van der Waals surface area contributed by atoms with Gasteiger partial charge in [0, 0.05) is 49.5 Å². The van der Waals surface area contributed by atoms with Crippen LogP contribution in [0, 0.1) is 12.1 Å². The van der Waals surface area contributed by atoms with Crippen LogP contribution in [0.1, 0.15) is 26.3 Å². The van der Waals surface area contributed by atoms with Gasteiger partial charge in [-0.25, -0.2) is 4.98 Å². The number of pyridine rings is 1. The van der Waals surface area contributed by atoms with Crippen molar-refractivity contribution in [2.75, 3.05) is 0 Å². The van der Waals surface area contributed by atoms with Crippen molar-refractivity contribution >= 4 is 82.1 Å². The second-order valence-corrected chi connectivity index (χ2v) is 18.9. The van der Waals surface area contributed by atoms with E-state index in [-0.39, 0.29) is 26.5 Å². The van der Waals surface area contributed by atoms with Crippen molar-refractivity contribution in [3.8, 4) is 33.6 Å². The summed E-state index contributed by atoms with van der Waals surface area (Å²) in [6, 6.07) is 83.1. The van der Waals surface area contributed by atoms with Gasteiger partial charge in [0.25, 0.3) is 0 Å². The molecule has 0 unspecified atom stereocenters. The second-order valence-electron chi connectivity index (χ2n) is 18.9. The van der Waals surface area contributed by atoms with Crippen molar-refractivity contribution in [3.05, 3.63) is 236 Å². The molecule has 340 valence electrons. The van der Waals surface area contributed by atoms with Gasteiger partial charge in [-0.3, -0.25) is 0 Å². The topological polar surface area (TPSA) is 40.3 Å². The van der Waals surface area contributed by atoms with Crippen LogP contribution in [0.4, 0.5) is 0 Å². The third-order valence-electron chi connectivity index (χ3n) is 13.6. The first-order valence-electron chi connectivity index (χ1n) is 23.5. The minimum absolute atomic E-state index is 0. The summed E-state index contributed by atoms with van der Waals surface area (Å²) < 4.78 is 13.6. The SMILES string of the molecule is CC(C)(C)c1cccc(-c2cccc3c4ccccc4c4cccc(c4)c4cccc(n4)n4c5[c-]c(ccc5c5cc(-c6ccccc6)ccc54)oc4[c-]c(ccc4)n4[cH-]n(c23)-c2ccccc2-4)c1.[Pt]. The van der Waals surface area contributed by atoms with E-state index in [1.165, 1.54) is 5.56 Å². The Balaban J connectivity index is 0.00000505. The van der Waals surface area contributed by atoms with Crippen molar-refractivity contribution in [3.63, 3.8) is 0 Å². The summed E-state index contributed by atoms with van der Waals surface area (Å²) in [6.45, 7) is 6.83. The zero-order valence-electron chi connectivity index (χ0n) is 38.8. The van der Waals surface area contributed by atoms with Gasteiger partial charge in [-0.2, -0.15) is 24.3 Å². The van der Waals surface area contributed by atoms with Crippen LogP contribution in [0.5, 0.6) is 0 Å². The molecule has 4 heterocycles. The number of benzene rings is 9. The molecular weight excluding hydrogens is 1040 g/mol. The first-order chi connectivity index (χ1) is 33.8. The van der Waals surface area contributed by atoms with Gasteiger partial charge in [0.1, 0.15) is 5.65 Å².